The van der Waals surface area contributed by atoms with Gasteiger partial charge in [-0.2, -0.15) is 0 Å². The van der Waals surface area contributed by atoms with Gasteiger partial charge in [0.25, 0.3) is 0 Å². The van der Waals surface area contributed by atoms with Crippen LogP contribution in [0.2, 0.25) is 0 Å². The van der Waals surface area contributed by atoms with Gasteiger partial charge in [-0.1, -0.05) is 0 Å². The van der Waals surface area contributed by atoms with E-state index in [-0.39, 0.29) is 17.5 Å². The van der Waals surface area contributed by atoms with Crippen molar-refractivity contribution in [3.8, 4) is 0 Å². The van der Waals surface area contributed by atoms with Gasteiger partial charge in [0.2, 0.25) is 0 Å². The van der Waals surface area contributed by atoms with E-state index < -0.39 is 15.7 Å². The average Bonchev–Trinajstić information content (AvgIpc) is 2.56. The maximum atomic E-state index is 13.2. The van der Waals surface area contributed by atoms with Crippen molar-refractivity contribution < 1.29 is 12.8 Å². The molecule has 0 radical (unpaired) electrons. The topological polar surface area (TPSA) is 63.4 Å². The molecular formula is C11H15FN2O2S. The lowest BCUT2D eigenvalue weighted by Crippen LogP contribution is -2.32. The van der Waals surface area contributed by atoms with Crippen molar-refractivity contribution in [2.24, 2.45) is 0 Å². The molecule has 6 heteroatoms. The number of halogens is 1. The van der Waals surface area contributed by atoms with Gasteiger partial charge in [0, 0.05) is 24.5 Å². The van der Waals surface area contributed by atoms with E-state index >= 15 is 0 Å². The zero-order valence-corrected chi connectivity index (χ0v) is 10.4. The van der Waals surface area contributed by atoms with Gasteiger partial charge in [-0.3, -0.25) is 0 Å². The van der Waals surface area contributed by atoms with Crippen LogP contribution in [-0.2, 0) is 9.84 Å². The van der Waals surface area contributed by atoms with Gasteiger partial charge >= 0.3 is 0 Å². The van der Waals surface area contributed by atoms with Crippen molar-refractivity contribution in [2.45, 2.75) is 12.5 Å². The Bertz CT molecular complexity index is 510. The first-order valence-electron chi connectivity index (χ1n) is 5.37. The van der Waals surface area contributed by atoms with Gasteiger partial charge in [-0.25, -0.2) is 12.8 Å². The largest absolute Gasteiger partial charge is 0.399 e. The Morgan fingerprint density at radius 1 is 1.41 bits per heavy atom. The summed E-state index contributed by atoms with van der Waals surface area (Å²) in [5.74, 6) is -0.0834. The van der Waals surface area contributed by atoms with Crippen LogP contribution < -0.4 is 10.6 Å². The lowest BCUT2D eigenvalue weighted by Gasteiger charge is -2.25. The molecule has 4 nitrogen and oxygen atoms in total. The first-order chi connectivity index (χ1) is 7.87. The van der Waals surface area contributed by atoms with Crippen LogP contribution in [0.5, 0.6) is 0 Å². The minimum Gasteiger partial charge on any atom is -0.399 e. The lowest BCUT2D eigenvalue weighted by molar-refractivity contribution is 0.600. The molecule has 0 saturated carbocycles. The number of benzene rings is 1. The Balaban J connectivity index is 2.23. The molecule has 1 fully saturated rings. The molecule has 1 aromatic carbocycles. The predicted molar refractivity (Wildman–Crippen MR) is 66.3 cm³/mol. The van der Waals surface area contributed by atoms with Crippen LogP contribution in [0, 0.1) is 5.82 Å². The number of rotatable bonds is 2. The molecule has 0 aromatic heterocycles. The highest BCUT2D eigenvalue weighted by atomic mass is 32.2. The molecule has 1 atom stereocenters. The van der Waals surface area contributed by atoms with Crippen LogP contribution in [0.3, 0.4) is 0 Å². The highest BCUT2D eigenvalue weighted by Crippen LogP contribution is 2.25. The molecular weight excluding hydrogens is 243 g/mol. The zero-order valence-electron chi connectivity index (χ0n) is 9.56. The Labute approximate surface area is 100 Å². The van der Waals surface area contributed by atoms with E-state index in [0.717, 1.165) is 0 Å². The minimum atomic E-state index is -2.94. The quantitative estimate of drug-likeness (QED) is 0.805. The molecule has 0 amide bonds. The summed E-state index contributed by atoms with van der Waals surface area (Å²) in [4.78, 5) is 1.78. The Hall–Kier alpha value is -1.30. The summed E-state index contributed by atoms with van der Waals surface area (Å²) >= 11 is 0. The average molecular weight is 258 g/mol. The number of nitrogens with zero attached hydrogens (tertiary/aromatic N) is 1. The van der Waals surface area contributed by atoms with Gasteiger partial charge < -0.3 is 10.6 Å². The van der Waals surface area contributed by atoms with E-state index in [1.807, 2.05) is 0 Å². The molecule has 2 N–H and O–H groups in total. The maximum Gasteiger partial charge on any atom is 0.152 e. The first kappa shape index (κ1) is 12.2. The maximum absolute atomic E-state index is 13.2. The standard InChI is InChI=1S/C11H15FN2O2S/c1-14(10-2-3-17(15,16)7-10)11-5-8(12)4-9(13)6-11/h4-6,10H,2-3,7,13H2,1H3. The summed E-state index contributed by atoms with van der Waals surface area (Å²) in [6, 6.07) is 4.15. The number of hydrogen-bond donors (Lipinski definition) is 1. The van der Waals surface area contributed by atoms with Gasteiger partial charge in [0.1, 0.15) is 5.82 Å². The molecule has 1 heterocycles. The predicted octanol–water partition coefficient (Wildman–Crippen LogP) is 1.03. The monoisotopic (exact) mass is 258 g/mol. The van der Waals surface area contributed by atoms with Gasteiger partial charge in [-0.15, -0.1) is 0 Å². The zero-order chi connectivity index (χ0) is 12.6. The van der Waals surface area contributed by atoms with Gasteiger partial charge in [-0.05, 0) is 24.6 Å². The van der Waals surface area contributed by atoms with Crippen molar-refractivity contribution in [3.05, 3.63) is 24.0 Å². The molecule has 94 valence electrons. The summed E-state index contributed by atoms with van der Waals surface area (Å²) in [5, 5.41) is 0. The second kappa shape index (κ2) is 4.18. The van der Waals surface area contributed by atoms with Crippen LogP contribution in [0.1, 0.15) is 6.42 Å². The summed E-state index contributed by atoms with van der Waals surface area (Å²) in [6.07, 6.45) is 0.579. The van der Waals surface area contributed by atoms with Crippen molar-refractivity contribution in [1.82, 2.24) is 0 Å². The Kier molecular flexibility index (Phi) is 2.99. The fourth-order valence-corrected chi connectivity index (χ4v) is 3.87. The van der Waals surface area contributed by atoms with Gasteiger partial charge in [0.15, 0.2) is 9.84 Å². The van der Waals surface area contributed by atoms with Crippen molar-refractivity contribution >= 4 is 21.2 Å². The van der Waals surface area contributed by atoms with E-state index in [4.69, 9.17) is 5.73 Å². The molecule has 1 aliphatic heterocycles. The van der Waals surface area contributed by atoms with Crippen LogP contribution >= 0.6 is 0 Å². The Morgan fingerprint density at radius 3 is 2.65 bits per heavy atom. The van der Waals surface area contributed by atoms with Gasteiger partial charge in [0.05, 0.1) is 11.5 Å². The van der Waals surface area contributed by atoms with E-state index in [2.05, 4.69) is 0 Å². The van der Waals surface area contributed by atoms with Crippen LogP contribution in [0.15, 0.2) is 18.2 Å². The van der Waals surface area contributed by atoms with Crippen molar-refractivity contribution in [2.75, 3.05) is 29.2 Å². The molecule has 1 unspecified atom stereocenters. The van der Waals surface area contributed by atoms with E-state index in [0.29, 0.717) is 17.8 Å². The second-order valence-electron chi connectivity index (χ2n) is 4.41. The molecule has 0 aliphatic carbocycles. The van der Waals surface area contributed by atoms with E-state index in [1.54, 1.807) is 18.0 Å². The number of hydrogen-bond acceptors (Lipinski definition) is 4. The second-order valence-corrected chi connectivity index (χ2v) is 6.64. The SMILES string of the molecule is CN(c1cc(N)cc(F)c1)C1CCS(=O)(=O)C1. The summed E-state index contributed by atoms with van der Waals surface area (Å²) in [5.41, 5.74) is 6.52. The molecule has 1 aliphatic rings. The molecule has 2 rings (SSSR count). The van der Waals surface area contributed by atoms with E-state index in [9.17, 15) is 12.8 Å². The van der Waals surface area contributed by atoms with Crippen LogP contribution in [0.4, 0.5) is 15.8 Å². The van der Waals surface area contributed by atoms with Crippen molar-refractivity contribution in [3.63, 3.8) is 0 Å². The number of anilines is 2. The van der Waals surface area contributed by atoms with E-state index in [1.165, 1.54) is 12.1 Å². The number of sulfone groups is 1. The molecule has 0 spiro atoms. The summed E-state index contributed by atoms with van der Waals surface area (Å²) in [7, 11) is -1.17. The molecule has 1 aromatic rings. The Morgan fingerprint density at radius 2 is 2.12 bits per heavy atom. The highest BCUT2D eigenvalue weighted by molar-refractivity contribution is 7.91. The first-order valence-corrected chi connectivity index (χ1v) is 7.19. The third-order valence-corrected chi connectivity index (χ3v) is 4.82. The molecule has 0 bridgehead atoms. The van der Waals surface area contributed by atoms with Crippen LogP contribution in [0.25, 0.3) is 0 Å². The lowest BCUT2D eigenvalue weighted by atomic mass is 10.2. The molecule has 1 saturated heterocycles. The summed E-state index contributed by atoms with van der Waals surface area (Å²) in [6.45, 7) is 0. The third kappa shape index (κ3) is 2.69. The minimum absolute atomic E-state index is 0.0961. The summed E-state index contributed by atoms with van der Waals surface area (Å²) < 4.78 is 36.0. The highest BCUT2D eigenvalue weighted by Gasteiger charge is 2.30. The van der Waals surface area contributed by atoms with Crippen molar-refractivity contribution in [1.29, 1.82) is 0 Å². The third-order valence-electron chi connectivity index (χ3n) is 3.07. The van der Waals surface area contributed by atoms with Crippen LogP contribution in [-0.4, -0.2) is 33.0 Å². The number of nitrogens with two attached hydrogens (primary N) is 1. The molecule has 17 heavy (non-hydrogen) atoms. The smallest absolute Gasteiger partial charge is 0.152 e. The normalized spacial score (nSPS) is 22.6. The number of nitrogen functional groups attached to an aromatic ring is 1. The fourth-order valence-electron chi connectivity index (χ4n) is 2.09. The fraction of sp³-hybridized carbons (Fsp3) is 0.455.